The molecule has 4 aromatic carbocycles. The predicted octanol–water partition coefficient (Wildman–Crippen LogP) is 7.06. The van der Waals surface area contributed by atoms with Crippen LogP contribution in [0, 0.1) is 0 Å². The van der Waals surface area contributed by atoms with Crippen molar-refractivity contribution >= 4 is 29.4 Å². The van der Waals surface area contributed by atoms with Crippen molar-refractivity contribution in [2.45, 2.75) is 25.2 Å². The molecule has 0 aliphatic carbocycles. The number of aromatic hydroxyl groups is 2. The molecule has 0 aliphatic rings. The quantitative estimate of drug-likeness (QED) is 0.213. The van der Waals surface area contributed by atoms with Crippen LogP contribution in [0.3, 0.4) is 0 Å². The van der Waals surface area contributed by atoms with Crippen LogP contribution in [0.2, 0.25) is 0 Å². The molecule has 0 fully saturated rings. The van der Waals surface area contributed by atoms with E-state index < -0.39 is 5.41 Å². The largest absolute Gasteiger partial charge is 0.508 e. The van der Waals surface area contributed by atoms with Crippen LogP contribution >= 0.6 is 0 Å². The highest BCUT2D eigenvalue weighted by molar-refractivity contribution is 5.91. The van der Waals surface area contributed by atoms with Gasteiger partial charge in [0.15, 0.2) is 0 Å². The van der Waals surface area contributed by atoms with Gasteiger partial charge in [-0.15, -0.1) is 0 Å². The summed E-state index contributed by atoms with van der Waals surface area (Å²) < 4.78 is 0. The number of anilines is 2. The van der Waals surface area contributed by atoms with Crippen LogP contribution in [0.5, 0.6) is 11.5 Å². The zero-order chi connectivity index (χ0) is 27.1. The molecule has 1 amide bonds. The molecule has 4 rings (SSSR count). The van der Waals surface area contributed by atoms with Crippen LogP contribution in [-0.2, 0) is 10.2 Å². The molecule has 0 saturated heterocycles. The maximum absolute atomic E-state index is 12.9. The highest BCUT2D eigenvalue weighted by Gasteiger charge is 2.29. The number of hydrogen-bond donors (Lipinski definition) is 3. The maximum Gasteiger partial charge on any atom is 0.224 e. The molecule has 0 atom stereocenters. The van der Waals surface area contributed by atoms with E-state index >= 15 is 0 Å². The van der Waals surface area contributed by atoms with Crippen molar-refractivity contribution < 1.29 is 15.0 Å². The molecule has 38 heavy (non-hydrogen) atoms. The lowest BCUT2D eigenvalue weighted by Crippen LogP contribution is -2.26. The Morgan fingerprint density at radius 3 is 1.63 bits per heavy atom. The molecular formula is C33H34N2O3. The normalized spacial score (nSPS) is 11.4. The van der Waals surface area contributed by atoms with Crippen molar-refractivity contribution in [1.82, 2.24) is 0 Å². The Morgan fingerprint density at radius 1 is 0.737 bits per heavy atom. The minimum Gasteiger partial charge on any atom is -0.508 e. The van der Waals surface area contributed by atoms with Crippen molar-refractivity contribution in [2.24, 2.45) is 0 Å². The molecule has 0 bridgehead atoms. The Kier molecular flexibility index (Phi) is 8.17. The first-order valence-electron chi connectivity index (χ1n) is 12.7. The standard InChI is InChI=1S/C33H34N2O3/c1-33(26-10-18-30(36)19-11-26,27-12-20-31(37)21-13-27)23-22-32(38)34-28-14-6-24(7-15-28)4-5-25-8-16-29(17-9-25)35(2)3/h4-21,36-37H,22-23H2,1-3H3,(H,34,38)/b5-4+. The van der Waals surface area contributed by atoms with Crippen LogP contribution in [-0.4, -0.2) is 30.2 Å². The van der Waals surface area contributed by atoms with E-state index in [1.54, 1.807) is 24.3 Å². The summed E-state index contributed by atoms with van der Waals surface area (Å²) in [5, 5.41) is 22.5. The van der Waals surface area contributed by atoms with Crippen LogP contribution in [0.15, 0.2) is 97.1 Å². The number of amides is 1. The summed E-state index contributed by atoms with van der Waals surface area (Å²) in [6.07, 6.45) is 4.99. The topological polar surface area (TPSA) is 72.8 Å². The Hall–Kier alpha value is -4.51. The molecule has 0 aromatic heterocycles. The van der Waals surface area contributed by atoms with Gasteiger partial charge in [-0.25, -0.2) is 0 Å². The van der Waals surface area contributed by atoms with Gasteiger partial charge in [0.1, 0.15) is 11.5 Å². The first-order valence-corrected chi connectivity index (χ1v) is 12.7. The van der Waals surface area contributed by atoms with E-state index in [1.165, 1.54) is 0 Å². The molecule has 0 saturated carbocycles. The third-order valence-electron chi connectivity index (χ3n) is 6.93. The van der Waals surface area contributed by atoms with Crippen molar-refractivity contribution in [2.75, 3.05) is 24.3 Å². The molecule has 3 N–H and O–H groups in total. The zero-order valence-electron chi connectivity index (χ0n) is 22.1. The van der Waals surface area contributed by atoms with Gasteiger partial charge in [0.25, 0.3) is 0 Å². The van der Waals surface area contributed by atoms with Gasteiger partial charge in [-0.05, 0) is 77.2 Å². The monoisotopic (exact) mass is 506 g/mol. The molecule has 5 nitrogen and oxygen atoms in total. The number of phenols is 2. The predicted molar refractivity (Wildman–Crippen MR) is 157 cm³/mol. The van der Waals surface area contributed by atoms with Crippen LogP contribution in [0.1, 0.15) is 42.0 Å². The van der Waals surface area contributed by atoms with Gasteiger partial charge in [-0.1, -0.05) is 67.6 Å². The van der Waals surface area contributed by atoms with Gasteiger partial charge in [-0.2, -0.15) is 0 Å². The summed E-state index contributed by atoms with van der Waals surface area (Å²) in [5.74, 6) is 0.318. The van der Waals surface area contributed by atoms with E-state index in [2.05, 4.69) is 53.6 Å². The molecule has 0 spiro atoms. The van der Waals surface area contributed by atoms with E-state index in [4.69, 9.17) is 0 Å². The van der Waals surface area contributed by atoms with Gasteiger partial charge in [0.2, 0.25) is 5.91 Å². The molecule has 0 heterocycles. The molecule has 5 heteroatoms. The number of carbonyl (C=O) groups excluding carboxylic acids is 1. The Labute approximate surface area is 224 Å². The molecule has 4 aromatic rings. The van der Waals surface area contributed by atoms with E-state index in [1.807, 2.05) is 62.6 Å². The van der Waals surface area contributed by atoms with E-state index in [9.17, 15) is 15.0 Å². The van der Waals surface area contributed by atoms with E-state index in [0.29, 0.717) is 12.8 Å². The number of carbonyl (C=O) groups is 1. The SMILES string of the molecule is CN(C)c1ccc(/C=C/c2ccc(NC(=O)CCC(C)(c3ccc(O)cc3)c3ccc(O)cc3)cc2)cc1. The third-order valence-corrected chi connectivity index (χ3v) is 6.93. The average Bonchev–Trinajstić information content (AvgIpc) is 2.92. The number of phenolic OH excluding ortho intramolecular Hbond substituents is 2. The van der Waals surface area contributed by atoms with E-state index in [-0.39, 0.29) is 17.4 Å². The van der Waals surface area contributed by atoms with Crippen LogP contribution in [0.4, 0.5) is 11.4 Å². The number of nitrogens with zero attached hydrogens (tertiary/aromatic N) is 1. The highest BCUT2D eigenvalue weighted by Crippen LogP contribution is 2.38. The second kappa shape index (κ2) is 11.7. The second-order valence-electron chi connectivity index (χ2n) is 9.92. The average molecular weight is 507 g/mol. The lowest BCUT2D eigenvalue weighted by atomic mass is 9.73. The van der Waals surface area contributed by atoms with E-state index in [0.717, 1.165) is 33.6 Å². The van der Waals surface area contributed by atoms with Crippen LogP contribution in [0.25, 0.3) is 12.2 Å². The van der Waals surface area contributed by atoms with Crippen molar-refractivity contribution in [3.8, 4) is 11.5 Å². The Morgan fingerprint density at radius 2 is 1.18 bits per heavy atom. The summed E-state index contributed by atoms with van der Waals surface area (Å²) in [6.45, 7) is 2.08. The first kappa shape index (κ1) is 26.6. The van der Waals surface area contributed by atoms with Gasteiger partial charge < -0.3 is 20.4 Å². The van der Waals surface area contributed by atoms with Crippen molar-refractivity contribution in [3.63, 3.8) is 0 Å². The first-order chi connectivity index (χ1) is 18.2. The lowest BCUT2D eigenvalue weighted by molar-refractivity contribution is -0.116. The minimum absolute atomic E-state index is 0.0712. The number of benzene rings is 4. The summed E-state index contributed by atoms with van der Waals surface area (Å²) in [6, 6.07) is 30.3. The number of hydrogen-bond acceptors (Lipinski definition) is 4. The summed E-state index contributed by atoms with van der Waals surface area (Å²) in [7, 11) is 4.05. The minimum atomic E-state index is -0.474. The summed E-state index contributed by atoms with van der Waals surface area (Å²) in [4.78, 5) is 15.0. The van der Waals surface area contributed by atoms with Gasteiger partial charge >= 0.3 is 0 Å². The summed E-state index contributed by atoms with van der Waals surface area (Å²) >= 11 is 0. The fourth-order valence-electron chi connectivity index (χ4n) is 4.45. The maximum atomic E-state index is 12.9. The lowest BCUT2D eigenvalue weighted by Gasteiger charge is -2.31. The Bertz CT molecular complexity index is 1330. The highest BCUT2D eigenvalue weighted by atomic mass is 16.3. The number of nitrogens with one attached hydrogen (secondary N) is 1. The fourth-order valence-corrected chi connectivity index (χ4v) is 4.45. The molecule has 0 radical (unpaired) electrons. The van der Waals surface area contributed by atoms with Gasteiger partial charge in [-0.3, -0.25) is 4.79 Å². The van der Waals surface area contributed by atoms with Crippen LogP contribution < -0.4 is 10.2 Å². The molecule has 0 aliphatic heterocycles. The molecular weight excluding hydrogens is 472 g/mol. The Balaban J connectivity index is 1.40. The van der Waals surface area contributed by atoms with Crippen molar-refractivity contribution in [3.05, 3.63) is 119 Å². The summed E-state index contributed by atoms with van der Waals surface area (Å²) in [5.41, 5.74) is 5.58. The van der Waals surface area contributed by atoms with Crippen molar-refractivity contribution in [1.29, 1.82) is 0 Å². The number of rotatable bonds is 9. The second-order valence-corrected chi connectivity index (χ2v) is 9.92. The molecule has 194 valence electrons. The third kappa shape index (κ3) is 6.62. The zero-order valence-corrected chi connectivity index (χ0v) is 22.1. The van der Waals surface area contributed by atoms with Gasteiger partial charge in [0, 0.05) is 37.3 Å². The fraction of sp³-hybridized carbons (Fsp3) is 0.182. The smallest absolute Gasteiger partial charge is 0.224 e. The van der Waals surface area contributed by atoms with Gasteiger partial charge in [0.05, 0.1) is 0 Å². The molecule has 0 unspecified atom stereocenters.